The van der Waals surface area contributed by atoms with Crippen LogP contribution in [0.15, 0.2) is 46.9 Å². The van der Waals surface area contributed by atoms with Crippen molar-refractivity contribution < 1.29 is 0 Å². The van der Waals surface area contributed by atoms with Crippen molar-refractivity contribution in [3.8, 4) is 0 Å². The summed E-state index contributed by atoms with van der Waals surface area (Å²) in [6.45, 7) is 6.62. The van der Waals surface area contributed by atoms with Crippen LogP contribution in [0.2, 0.25) is 0 Å². The highest BCUT2D eigenvalue weighted by Gasteiger charge is 2.13. The van der Waals surface area contributed by atoms with E-state index in [9.17, 15) is 0 Å². The van der Waals surface area contributed by atoms with Crippen LogP contribution in [0.5, 0.6) is 0 Å². The zero-order chi connectivity index (χ0) is 14.7. The summed E-state index contributed by atoms with van der Waals surface area (Å²) in [7, 11) is 0. The van der Waals surface area contributed by atoms with E-state index >= 15 is 0 Å². The first-order valence-corrected chi connectivity index (χ1v) is 8.67. The van der Waals surface area contributed by atoms with Crippen molar-refractivity contribution in [2.45, 2.75) is 32.0 Å². The van der Waals surface area contributed by atoms with Gasteiger partial charge in [0.25, 0.3) is 0 Å². The zero-order valence-electron chi connectivity index (χ0n) is 12.2. The lowest BCUT2D eigenvalue weighted by Gasteiger charge is -2.14. The maximum atomic E-state index is 3.81. The minimum Gasteiger partial charge on any atom is -0.0786 e. The molecule has 0 aliphatic heterocycles. The molecular formula is C18H20Br2. The Morgan fingerprint density at radius 1 is 1.00 bits per heavy atom. The van der Waals surface area contributed by atoms with Crippen molar-refractivity contribution in [3.05, 3.63) is 69.2 Å². The summed E-state index contributed by atoms with van der Waals surface area (Å²) in [6, 6.07) is 15.4. The number of alkyl halides is 1. The van der Waals surface area contributed by atoms with Crippen LogP contribution >= 0.6 is 31.9 Å². The minimum absolute atomic E-state index is 0.227. The lowest BCUT2D eigenvalue weighted by Crippen LogP contribution is -1.97. The van der Waals surface area contributed by atoms with Crippen molar-refractivity contribution in [3.63, 3.8) is 0 Å². The second kappa shape index (κ2) is 6.91. The van der Waals surface area contributed by atoms with E-state index in [0.29, 0.717) is 5.92 Å². The molecular weight excluding hydrogens is 376 g/mol. The van der Waals surface area contributed by atoms with E-state index < -0.39 is 0 Å². The second-order valence-electron chi connectivity index (χ2n) is 5.73. The Hall–Kier alpha value is -0.600. The molecule has 0 aliphatic rings. The van der Waals surface area contributed by atoms with Crippen LogP contribution in [0.4, 0.5) is 0 Å². The van der Waals surface area contributed by atoms with Gasteiger partial charge in [0.2, 0.25) is 0 Å². The van der Waals surface area contributed by atoms with Gasteiger partial charge in [-0.3, -0.25) is 0 Å². The number of benzene rings is 2. The quantitative estimate of drug-likeness (QED) is 0.522. The molecule has 0 saturated carbocycles. The first-order valence-electron chi connectivity index (χ1n) is 6.96. The van der Waals surface area contributed by atoms with Gasteiger partial charge < -0.3 is 0 Å². The molecule has 0 bridgehead atoms. The highest BCUT2D eigenvalue weighted by atomic mass is 79.9. The van der Waals surface area contributed by atoms with Gasteiger partial charge in [-0.15, -0.1) is 0 Å². The van der Waals surface area contributed by atoms with Crippen LogP contribution < -0.4 is 0 Å². The van der Waals surface area contributed by atoms with E-state index in [0.717, 1.165) is 10.9 Å². The van der Waals surface area contributed by atoms with Crippen LogP contribution in [0.3, 0.4) is 0 Å². The predicted octanol–water partition coefficient (Wildman–Crippen LogP) is 6.44. The molecule has 2 rings (SSSR count). The molecule has 0 heterocycles. The van der Waals surface area contributed by atoms with Gasteiger partial charge in [0, 0.05) is 4.47 Å². The van der Waals surface area contributed by atoms with Crippen LogP contribution in [-0.2, 0) is 6.42 Å². The lowest BCUT2D eigenvalue weighted by atomic mass is 9.99. The van der Waals surface area contributed by atoms with Gasteiger partial charge in [0.05, 0.1) is 4.83 Å². The number of hydrogen-bond donors (Lipinski definition) is 0. The normalized spacial score (nSPS) is 12.7. The highest BCUT2D eigenvalue weighted by molar-refractivity contribution is 9.11. The van der Waals surface area contributed by atoms with Crippen LogP contribution in [0.1, 0.15) is 40.9 Å². The van der Waals surface area contributed by atoms with Gasteiger partial charge in [-0.1, -0.05) is 82.1 Å². The Morgan fingerprint density at radius 2 is 1.65 bits per heavy atom. The average Bonchev–Trinajstić information content (AvgIpc) is 2.38. The SMILES string of the molecule is Cc1ccc(C(Br)c2ccc(CC(C)C)cc2)c(Br)c1. The van der Waals surface area contributed by atoms with E-state index in [-0.39, 0.29) is 4.83 Å². The maximum absolute atomic E-state index is 3.81. The molecule has 1 unspecified atom stereocenters. The monoisotopic (exact) mass is 394 g/mol. The van der Waals surface area contributed by atoms with E-state index in [1.54, 1.807) is 0 Å². The summed E-state index contributed by atoms with van der Waals surface area (Å²) in [5, 5.41) is 0. The summed E-state index contributed by atoms with van der Waals surface area (Å²) in [6.07, 6.45) is 1.14. The molecule has 2 aromatic rings. The Morgan fingerprint density at radius 3 is 2.20 bits per heavy atom. The fraction of sp³-hybridized carbons (Fsp3) is 0.333. The number of hydrogen-bond acceptors (Lipinski definition) is 0. The van der Waals surface area contributed by atoms with Gasteiger partial charge in [-0.2, -0.15) is 0 Å². The smallest absolute Gasteiger partial charge is 0.0655 e. The molecule has 0 amide bonds. The van der Waals surface area contributed by atoms with Crippen molar-refractivity contribution >= 4 is 31.9 Å². The molecule has 0 radical (unpaired) electrons. The minimum atomic E-state index is 0.227. The first kappa shape index (κ1) is 15.8. The largest absolute Gasteiger partial charge is 0.0786 e. The molecule has 2 aromatic carbocycles. The first-order chi connectivity index (χ1) is 9.47. The summed E-state index contributed by atoms with van der Waals surface area (Å²) in [4.78, 5) is 0.227. The lowest BCUT2D eigenvalue weighted by molar-refractivity contribution is 0.647. The summed E-state index contributed by atoms with van der Waals surface area (Å²) >= 11 is 7.48. The van der Waals surface area contributed by atoms with Crippen molar-refractivity contribution in [2.75, 3.05) is 0 Å². The van der Waals surface area contributed by atoms with E-state index in [4.69, 9.17) is 0 Å². The van der Waals surface area contributed by atoms with E-state index in [2.05, 4.69) is 95.1 Å². The molecule has 0 N–H and O–H groups in total. The third kappa shape index (κ3) is 3.95. The van der Waals surface area contributed by atoms with Crippen LogP contribution in [0, 0.1) is 12.8 Å². The molecule has 1 atom stereocenters. The standard InChI is InChI=1S/C18H20Br2/c1-12(2)10-14-5-7-15(8-6-14)18(20)16-9-4-13(3)11-17(16)19/h4-9,11-12,18H,10H2,1-3H3. The van der Waals surface area contributed by atoms with E-state index in [1.165, 1.54) is 22.3 Å². The van der Waals surface area contributed by atoms with Crippen LogP contribution in [0.25, 0.3) is 0 Å². The van der Waals surface area contributed by atoms with Gasteiger partial charge in [0.15, 0.2) is 0 Å². The second-order valence-corrected chi connectivity index (χ2v) is 7.50. The third-order valence-electron chi connectivity index (χ3n) is 3.35. The van der Waals surface area contributed by atoms with Gasteiger partial charge >= 0.3 is 0 Å². The molecule has 0 saturated heterocycles. The highest BCUT2D eigenvalue weighted by Crippen LogP contribution is 2.35. The van der Waals surface area contributed by atoms with Gasteiger partial charge in [-0.25, -0.2) is 0 Å². The van der Waals surface area contributed by atoms with Crippen LogP contribution in [-0.4, -0.2) is 0 Å². The summed E-state index contributed by atoms with van der Waals surface area (Å²) in [5.74, 6) is 0.701. The van der Waals surface area contributed by atoms with Crippen molar-refractivity contribution in [1.82, 2.24) is 0 Å². The number of halogens is 2. The number of rotatable bonds is 4. The van der Waals surface area contributed by atoms with E-state index in [1.807, 2.05) is 0 Å². The molecule has 106 valence electrons. The summed E-state index contributed by atoms with van der Waals surface area (Å²) in [5.41, 5.74) is 5.24. The van der Waals surface area contributed by atoms with Crippen molar-refractivity contribution in [2.24, 2.45) is 5.92 Å². The molecule has 0 aliphatic carbocycles. The molecule has 2 heteroatoms. The molecule has 0 aromatic heterocycles. The Bertz CT molecular complexity index is 570. The molecule has 0 spiro atoms. The maximum Gasteiger partial charge on any atom is 0.0655 e. The topological polar surface area (TPSA) is 0 Å². The molecule has 20 heavy (non-hydrogen) atoms. The Balaban J connectivity index is 2.22. The average molecular weight is 396 g/mol. The zero-order valence-corrected chi connectivity index (χ0v) is 15.3. The molecule has 0 fully saturated rings. The third-order valence-corrected chi connectivity index (χ3v) is 5.05. The van der Waals surface area contributed by atoms with Gasteiger partial charge in [-0.05, 0) is 47.6 Å². The van der Waals surface area contributed by atoms with Crippen molar-refractivity contribution in [1.29, 1.82) is 0 Å². The molecule has 0 nitrogen and oxygen atoms in total. The Labute approximate surface area is 138 Å². The Kier molecular flexibility index (Phi) is 5.45. The number of aryl methyl sites for hydroxylation is 1. The summed E-state index contributed by atoms with van der Waals surface area (Å²) < 4.78 is 1.16. The fourth-order valence-corrected chi connectivity index (χ4v) is 4.05. The fourth-order valence-electron chi connectivity index (χ4n) is 2.31. The predicted molar refractivity (Wildman–Crippen MR) is 94.6 cm³/mol. The van der Waals surface area contributed by atoms with Gasteiger partial charge in [0.1, 0.15) is 0 Å².